The fourth-order valence-corrected chi connectivity index (χ4v) is 0.975. The molecular weight excluding hydrogens is 236 g/mol. The Balaban J connectivity index is 3.87. The molecule has 0 amide bonds. The molecule has 106 valence electrons. The van der Waals surface area contributed by atoms with Crippen LogP contribution in [-0.4, -0.2) is 36.4 Å². The Morgan fingerprint density at radius 2 is 1.39 bits per heavy atom. The van der Waals surface area contributed by atoms with E-state index in [1.54, 1.807) is 20.8 Å². The largest absolute Gasteiger partial charge is 0.463 e. The second-order valence-corrected chi connectivity index (χ2v) is 5.10. The van der Waals surface area contributed by atoms with Crippen LogP contribution in [-0.2, 0) is 19.1 Å². The molecule has 0 aliphatic carbocycles. The molecule has 0 radical (unpaired) electrons. The lowest BCUT2D eigenvalue weighted by Crippen LogP contribution is -2.29. The molecule has 18 heavy (non-hydrogen) atoms. The van der Waals surface area contributed by atoms with Crippen LogP contribution >= 0.6 is 0 Å². The number of rotatable bonds is 7. The van der Waals surface area contributed by atoms with E-state index in [0.717, 1.165) is 0 Å². The number of aliphatic hydroxyl groups excluding tert-OH is 1. The van der Waals surface area contributed by atoms with Gasteiger partial charge in [0.15, 0.2) is 0 Å². The van der Waals surface area contributed by atoms with E-state index in [0.29, 0.717) is 0 Å². The SMILES string of the molecule is CC(C)C(=O)OCC(O)COC(=O)C(C)C(C)C. The van der Waals surface area contributed by atoms with Gasteiger partial charge < -0.3 is 14.6 Å². The average Bonchev–Trinajstić information content (AvgIpc) is 2.31. The molecule has 0 aromatic rings. The van der Waals surface area contributed by atoms with Gasteiger partial charge in [0.05, 0.1) is 11.8 Å². The lowest BCUT2D eigenvalue weighted by Gasteiger charge is -2.17. The first-order valence-corrected chi connectivity index (χ1v) is 6.27. The Morgan fingerprint density at radius 1 is 0.944 bits per heavy atom. The van der Waals surface area contributed by atoms with E-state index in [-0.39, 0.29) is 42.9 Å². The fraction of sp³-hybridized carbons (Fsp3) is 0.846. The van der Waals surface area contributed by atoms with Crippen molar-refractivity contribution in [2.24, 2.45) is 17.8 Å². The molecule has 0 saturated carbocycles. The summed E-state index contributed by atoms with van der Waals surface area (Å²) in [5.41, 5.74) is 0. The maximum atomic E-state index is 11.5. The van der Waals surface area contributed by atoms with Crippen molar-refractivity contribution in [1.29, 1.82) is 0 Å². The molecule has 0 aromatic carbocycles. The molecule has 0 aliphatic heterocycles. The van der Waals surface area contributed by atoms with Crippen molar-refractivity contribution in [3.63, 3.8) is 0 Å². The zero-order valence-corrected chi connectivity index (χ0v) is 11.8. The highest BCUT2D eigenvalue weighted by molar-refractivity contribution is 5.72. The van der Waals surface area contributed by atoms with E-state index >= 15 is 0 Å². The summed E-state index contributed by atoms with van der Waals surface area (Å²) in [6.07, 6.45) is -0.976. The van der Waals surface area contributed by atoms with Crippen molar-refractivity contribution in [2.75, 3.05) is 13.2 Å². The molecule has 5 nitrogen and oxygen atoms in total. The van der Waals surface area contributed by atoms with Crippen LogP contribution in [0.5, 0.6) is 0 Å². The summed E-state index contributed by atoms with van der Waals surface area (Å²) in [6.45, 7) is 8.73. The molecule has 2 unspecified atom stereocenters. The van der Waals surface area contributed by atoms with Gasteiger partial charge in [0, 0.05) is 0 Å². The Labute approximate surface area is 108 Å². The second kappa shape index (κ2) is 8.08. The van der Waals surface area contributed by atoms with E-state index < -0.39 is 6.10 Å². The van der Waals surface area contributed by atoms with Gasteiger partial charge in [0.1, 0.15) is 19.3 Å². The monoisotopic (exact) mass is 260 g/mol. The second-order valence-electron chi connectivity index (χ2n) is 5.10. The molecule has 0 fully saturated rings. The maximum absolute atomic E-state index is 11.5. The Hall–Kier alpha value is -1.10. The minimum Gasteiger partial charge on any atom is -0.463 e. The highest BCUT2D eigenvalue weighted by atomic mass is 16.6. The maximum Gasteiger partial charge on any atom is 0.309 e. The molecule has 1 N–H and O–H groups in total. The number of ether oxygens (including phenoxy) is 2. The van der Waals surface area contributed by atoms with Gasteiger partial charge in [-0.15, -0.1) is 0 Å². The Kier molecular flexibility index (Phi) is 7.59. The van der Waals surface area contributed by atoms with E-state index in [1.165, 1.54) is 0 Å². The number of carbonyl (C=O) groups is 2. The Morgan fingerprint density at radius 3 is 1.78 bits per heavy atom. The van der Waals surface area contributed by atoms with Crippen LogP contribution in [0.2, 0.25) is 0 Å². The van der Waals surface area contributed by atoms with Gasteiger partial charge in [0.2, 0.25) is 0 Å². The molecule has 0 heterocycles. The quantitative estimate of drug-likeness (QED) is 0.700. The van der Waals surface area contributed by atoms with E-state index in [1.807, 2.05) is 13.8 Å². The van der Waals surface area contributed by atoms with E-state index in [2.05, 4.69) is 0 Å². The van der Waals surface area contributed by atoms with Crippen molar-refractivity contribution in [2.45, 2.75) is 40.7 Å². The van der Waals surface area contributed by atoms with Gasteiger partial charge in [-0.25, -0.2) is 0 Å². The molecule has 0 spiro atoms. The minimum atomic E-state index is -0.976. The third kappa shape index (κ3) is 6.59. The van der Waals surface area contributed by atoms with Crippen LogP contribution in [0.3, 0.4) is 0 Å². The number of hydrogen-bond donors (Lipinski definition) is 1. The van der Waals surface area contributed by atoms with Crippen LogP contribution in [0.1, 0.15) is 34.6 Å². The number of carbonyl (C=O) groups excluding carboxylic acids is 2. The predicted octanol–water partition coefficient (Wildman–Crippen LogP) is 1.38. The lowest BCUT2D eigenvalue weighted by atomic mass is 9.99. The minimum absolute atomic E-state index is 0.152. The summed E-state index contributed by atoms with van der Waals surface area (Å²) in [5, 5.41) is 9.49. The molecule has 0 aliphatic rings. The van der Waals surface area contributed by atoms with Crippen molar-refractivity contribution < 1.29 is 24.2 Å². The van der Waals surface area contributed by atoms with Gasteiger partial charge in [-0.3, -0.25) is 9.59 Å². The molecule has 0 aromatic heterocycles. The van der Waals surface area contributed by atoms with Gasteiger partial charge >= 0.3 is 11.9 Å². The number of esters is 2. The first-order valence-electron chi connectivity index (χ1n) is 6.27. The topological polar surface area (TPSA) is 72.8 Å². The first-order chi connectivity index (χ1) is 8.25. The van der Waals surface area contributed by atoms with E-state index in [9.17, 15) is 14.7 Å². The fourth-order valence-electron chi connectivity index (χ4n) is 0.975. The number of aliphatic hydroxyl groups is 1. The molecular formula is C13H24O5. The van der Waals surface area contributed by atoms with E-state index in [4.69, 9.17) is 9.47 Å². The molecule has 0 saturated heterocycles. The summed E-state index contributed by atoms with van der Waals surface area (Å²) in [7, 11) is 0. The lowest BCUT2D eigenvalue weighted by molar-refractivity contribution is -0.157. The molecule has 5 heteroatoms. The Bertz CT molecular complexity index is 273. The highest BCUT2D eigenvalue weighted by Crippen LogP contribution is 2.11. The van der Waals surface area contributed by atoms with Gasteiger partial charge in [-0.2, -0.15) is 0 Å². The predicted molar refractivity (Wildman–Crippen MR) is 66.8 cm³/mol. The van der Waals surface area contributed by atoms with Gasteiger partial charge in [-0.1, -0.05) is 34.6 Å². The normalized spacial score (nSPS) is 14.4. The zero-order chi connectivity index (χ0) is 14.3. The third-order valence-corrected chi connectivity index (χ3v) is 2.68. The summed E-state index contributed by atoms with van der Waals surface area (Å²) in [6, 6.07) is 0. The van der Waals surface area contributed by atoms with Crippen molar-refractivity contribution >= 4 is 11.9 Å². The van der Waals surface area contributed by atoms with Crippen LogP contribution in [0.15, 0.2) is 0 Å². The van der Waals surface area contributed by atoms with Crippen molar-refractivity contribution in [1.82, 2.24) is 0 Å². The van der Waals surface area contributed by atoms with Crippen LogP contribution in [0.4, 0.5) is 0 Å². The number of hydrogen-bond acceptors (Lipinski definition) is 5. The van der Waals surface area contributed by atoms with Crippen molar-refractivity contribution in [3.8, 4) is 0 Å². The molecule has 0 bridgehead atoms. The first kappa shape index (κ1) is 16.9. The summed E-state index contributed by atoms with van der Waals surface area (Å²) >= 11 is 0. The summed E-state index contributed by atoms with van der Waals surface area (Å²) in [4.78, 5) is 22.6. The van der Waals surface area contributed by atoms with Gasteiger partial charge in [0.25, 0.3) is 0 Å². The van der Waals surface area contributed by atoms with Crippen molar-refractivity contribution in [3.05, 3.63) is 0 Å². The zero-order valence-electron chi connectivity index (χ0n) is 11.8. The summed E-state index contributed by atoms with van der Waals surface area (Å²) < 4.78 is 9.76. The molecule has 0 rings (SSSR count). The average molecular weight is 260 g/mol. The molecule has 2 atom stereocenters. The standard InChI is InChI=1S/C13H24O5/c1-8(2)10(5)13(16)18-7-11(14)6-17-12(15)9(3)4/h8-11,14H,6-7H2,1-5H3. The van der Waals surface area contributed by atoms with Gasteiger partial charge in [-0.05, 0) is 5.92 Å². The smallest absolute Gasteiger partial charge is 0.309 e. The van der Waals surface area contributed by atoms with Crippen LogP contribution < -0.4 is 0 Å². The van der Waals surface area contributed by atoms with Crippen LogP contribution in [0, 0.1) is 17.8 Å². The van der Waals surface area contributed by atoms with Crippen LogP contribution in [0.25, 0.3) is 0 Å². The summed E-state index contributed by atoms with van der Waals surface area (Å²) in [5.74, 6) is -0.986. The third-order valence-electron chi connectivity index (χ3n) is 2.68. The highest BCUT2D eigenvalue weighted by Gasteiger charge is 2.20.